The van der Waals surface area contributed by atoms with Gasteiger partial charge >= 0.3 is 0 Å². The number of hydrogen-bond acceptors (Lipinski definition) is 5. The maximum atomic E-state index is 11.2. The number of benzene rings is 2. The molecule has 34 heavy (non-hydrogen) atoms. The zero-order valence-electron chi connectivity index (χ0n) is 18.7. The van der Waals surface area contributed by atoms with Crippen LogP contribution in [0.15, 0.2) is 42.5 Å². The fraction of sp³-hybridized carbons (Fsp3) is 0.391. The minimum Gasteiger partial charge on any atom is -0.493 e. The molecule has 2 aromatic carbocycles. The molecule has 0 spiro atoms. The highest BCUT2D eigenvalue weighted by molar-refractivity contribution is 7.80. The van der Waals surface area contributed by atoms with Gasteiger partial charge in [-0.15, -0.1) is 12.4 Å². The Morgan fingerprint density at radius 3 is 2.62 bits per heavy atom. The van der Waals surface area contributed by atoms with Gasteiger partial charge in [-0.3, -0.25) is 15.5 Å². The minimum atomic E-state index is -0.410. The van der Waals surface area contributed by atoms with Crippen LogP contribution in [0.25, 0.3) is 0 Å². The fourth-order valence-electron chi connectivity index (χ4n) is 4.28. The Bertz CT molecular complexity index is 1060. The molecule has 0 radical (unpaired) electrons. The van der Waals surface area contributed by atoms with Crippen molar-refractivity contribution in [2.75, 3.05) is 31.6 Å². The number of likely N-dealkylation sites (tertiary alicyclic amines) is 1. The summed E-state index contributed by atoms with van der Waals surface area (Å²) in [6, 6.07) is 12.7. The second-order valence-electron chi connectivity index (χ2n) is 8.43. The number of fused-ring (bicyclic) bond motifs is 1. The normalized spacial score (nSPS) is 15.6. The highest BCUT2D eigenvalue weighted by Gasteiger charge is 2.23. The molecule has 0 aliphatic carbocycles. The average molecular weight is 505 g/mol. The van der Waals surface area contributed by atoms with Crippen molar-refractivity contribution in [1.82, 2.24) is 9.80 Å². The molecular weight excluding hydrogens is 476 g/mol. The smallest absolute Gasteiger partial charge is 0.292 e. The molecule has 0 bridgehead atoms. The SMILES string of the molecule is Cl.N=C(N)N1CCc2ccc(OCC3CCN(C(=S)Nc4ccccc4[N+](=O)[O-])CC3)cc2C1. The number of thiocarbonyl (C=S) groups is 1. The second-order valence-corrected chi connectivity index (χ2v) is 8.82. The van der Waals surface area contributed by atoms with Crippen LogP contribution in [-0.2, 0) is 13.0 Å². The lowest BCUT2D eigenvalue weighted by atomic mass is 9.98. The van der Waals surface area contributed by atoms with E-state index in [4.69, 9.17) is 28.1 Å². The van der Waals surface area contributed by atoms with Crippen molar-refractivity contribution in [1.29, 1.82) is 5.41 Å². The van der Waals surface area contributed by atoms with Crippen LogP contribution in [0.3, 0.4) is 0 Å². The summed E-state index contributed by atoms with van der Waals surface area (Å²) in [6.07, 6.45) is 2.75. The first kappa shape index (κ1) is 25.5. The van der Waals surface area contributed by atoms with Crippen molar-refractivity contribution in [3.8, 4) is 5.75 Å². The lowest BCUT2D eigenvalue weighted by Gasteiger charge is -2.33. The van der Waals surface area contributed by atoms with Gasteiger partial charge in [-0.2, -0.15) is 0 Å². The van der Waals surface area contributed by atoms with Crippen LogP contribution in [0.4, 0.5) is 11.4 Å². The lowest BCUT2D eigenvalue weighted by Crippen LogP contribution is -2.42. The molecule has 0 aromatic heterocycles. The van der Waals surface area contributed by atoms with E-state index in [9.17, 15) is 10.1 Å². The van der Waals surface area contributed by atoms with Crippen LogP contribution in [0.5, 0.6) is 5.75 Å². The van der Waals surface area contributed by atoms with Crippen molar-refractivity contribution < 1.29 is 9.66 Å². The highest BCUT2D eigenvalue weighted by atomic mass is 35.5. The summed E-state index contributed by atoms with van der Waals surface area (Å²) in [5, 5.41) is 22.4. The summed E-state index contributed by atoms with van der Waals surface area (Å²) < 4.78 is 6.10. The van der Waals surface area contributed by atoms with E-state index in [1.807, 2.05) is 11.0 Å². The molecule has 9 nitrogen and oxygen atoms in total. The van der Waals surface area contributed by atoms with E-state index in [0.717, 1.165) is 50.2 Å². The average Bonchev–Trinajstić information content (AvgIpc) is 2.82. The number of rotatable bonds is 5. The number of anilines is 1. The summed E-state index contributed by atoms with van der Waals surface area (Å²) in [4.78, 5) is 14.7. The fourth-order valence-corrected chi connectivity index (χ4v) is 4.57. The molecule has 182 valence electrons. The van der Waals surface area contributed by atoms with Crippen LogP contribution < -0.4 is 15.8 Å². The Morgan fingerprint density at radius 1 is 1.18 bits per heavy atom. The van der Waals surface area contributed by atoms with E-state index in [1.165, 1.54) is 11.6 Å². The first-order valence-electron chi connectivity index (χ1n) is 11.0. The number of para-hydroxylation sites is 2. The first-order valence-corrected chi connectivity index (χ1v) is 11.4. The number of piperidine rings is 1. The number of guanidine groups is 1. The summed E-state index contributed by atoms with van der Waals surface area (Å²) >= 11 is 5.50. The standard InChI is InChI=1S/C23H28N6O3S.ClH/c24-22(25)28-12-9-17-5-6-19(13-18(17)14-28)32-15-16-7-10-27(11-8-16)23(33)26-20-3-1-2-4-21(20)29(30)31;/h1-6,13,16H,7-12,14-15H2,(H3,24,25)(H,26,33);1H. The van der Waals surface area contributed by atoms with Crippen molar-refractivity contribution in [3.63, 3.8) is 0 Å². The Hall–Kier alpha value is -3.11. The maximum absolute atomic E-state index is 11.2. The molecule has 11 heteroatoms. The zero-order chi connectivity index (χ0) is 23.4. The van der Waals surface area contributed by atoms with Crippen molar-refractivity contribution in [3.05, 3.63) is 63.7 Å². The van der Waals surface area contributed by atoms with Gasteiger partial charge in [0.15, 0.2) is 11.1 Å². The van der Waals surface area contributed by atoms with Crippen molar-refractivity contribution in [2.45, 2.75) is 25.8 Å². The number of nitrogens with zero attached hydrogens (tertiary/aromatic N) is 3. The number of nitrogens with one attached hydrogen (secondary N) is 2. The quantitative estimate of drug-likeness (QED) is 0.185. The number of nitro benzene ring substituents is 1. The lowest BCUT2D eigenvalue weighted by molar-refractivity contribution is -0.383. The topological polar surface area (TPSA) is 121 Å². The highest BCUT2D eigenvalue weighted by Crippen LogP contribution is 2.27. The molecule has 4 N–H and O–H groups in total. The van der Waals surface area contributed by atoms with E-state index < -0.39 is 4.92 Å². The molecule has 4 rings (SSSR count). The minimum absolute atomic E-state index is 0. The Morgan fingerprint density at radius 2 is 1.91 bits per heavy atom. The number of nitrogens with two attached hydrogens (primary N) is 1. The van der Waals surface area contributed by atoms with Gasteiger partial charge in [-0.05, 0) is 66.7 Å². The van der Waals surface area contributed by atoms with E-state index in [0.29, 0.717) is 29.9 Å². The largest absolute Gasteiger partial charge is 0.493 e. The van der Waals surface area contributed by atoms with Crippen LogP contribution in [-0.4, -0.2) is 52.0 Å². The van der Waals surface area contributed by atoms with Crippen molar-refractivity contribution in [2.24, 2.45) is 11.7 Å². The van der Waals surface area contributed by atoms with Gasteiger partial charge in [0.1, 0.15) is 11.4 Å². The third-order valence-electron chi connectivity index (χ3n) is 6.26. The van der Waals surface area contributed by atoms with Gasteiger partial charge in [0.2, 0.25) is 0 Å². The molecule has 0 unspecified atom stereocenters. The number of nitro groups is 1. The van der Waals surface area contributed by atoms with Crippen LogP contribution in [0.1, 0.15) is 24.0 Å². The van der Waals surface area contributed by atoms with E-state index in [1.54, 1.807) is 18.2 Å². The molecule has 1 saturated heterocycles. The molecule has 2 aliphatic rings. The summed E-state index contributed by atoms with van der Waals surface area (Å²) in [6.45, 7) is 3.60. The predicted octanol–water partition coefficient (Wildman–Crippen LogP) is 3.76. The molecule has 0 amide bonds. The van der Waals surface area contributed by atoms with Gasteiger partial charge in [-0.25, -0.2) is 0 Å². The van der Waals surface area contributed by atoms with Crippen LogP contribution in [0, 0.1) is 21.4 Å². The zero-order valence-corrected chi connectivity index (χ0v) is 20.4. The molecular formula is C23H29ClN6O3S. The van der Waals surface area contributed by atoms with E-state index >= 15 is 0 Å². The molecule has 1 fully saturated rings. The molecule has 0 saturated carbocycles. The van der Waals surface area contributed by atoms with Crippen LogP contribution >= 0.6 is 24.6 Å². The Labute approximate surface area is 210 Å². The molecule has 2 aliphatic heterocycles. The predicted molar refractivity (Wildman–Crippen MR) is 139 cm³/mol. The number of ether oxygens (including phenoxy) is 1. The van der Waals surface area contributed by atoms with E-state index in [2.05, 4.69) is 22.3 Å². The van der Waals surface area contributed by atoms with Gasteiger partial charge in [0.05, 0.1) is 11.5 Å². The van der Waals surface area contributed by atoms with Crippen molar-refractivity contribution >= 4 is 47.1 Å². The Balaban J connectivity index is 0.00000324. The molecule has 0 atom stereocenters. The molecule has 2 heterocycles. The summed E-state index contributed by atoms with van der Waals surface area (Å²) in [7, 11) is 0. The second kappa shape index (κ2) is 11.3. The van der Waals surface area contributed by atoms with Gasteiger partial charge in [0.25, 0.3) is 5.69 Å². The first-order chi connectivity index (χ1) is 15.9. The Kier molecular flexibility index (Phi) is 8.51. The van der Waals surface area contributed by atoms with Gasteiger partial charge in [0, 0.05) is 32.2 Å². The number of halogens is 1. The third kappa shape index (κ3) is 6.06. The summed E-state index contributed by atoms with van der Waals surface area (Å²) in [5.74, 6) is 1.36. The monoisotopic (exact) mass is 504 g/mol. The third-order valence-corrected chi connectivity index (χ3v) is 6.62. The van der Waals surface area contributed by atoms with Gasteiger partial charge in [-0.1, -0.05) is 18.2 Å². The van der Waals surface area contributed by atoms with E-state index in [-0.39, 0.29) is 24.1 Å². The summed E-state index contributed by atoms with van der Waals surface area (Å²) in [5.41, 5.74) is 8.52. The number of hydrogen-bond donors (Lipinski definition) is 3. The van der Waals surface area contributed by atoms with Crippen LogP contribution in [0.2, 0.25) is 0 Å². The van der Waals surface area contributed by atoms with Gasteiger partial charge < -0.3 is 25.6 Å². The molecule has 2 aromatic rings. The maximum Gasteiger partial charge on any atom is 0.292 e.